The molecule has 0 unspecified atom stereocenters. The topological polar surface area (TPSA) is 37.3 Å². The first-order chi connectivity index (χ1) is 9.49. The fourth-order valence-corrected chi connectivity index (χ4v) is 2.13. The molecule has 0 bridgehead atoms. The zero-order valence-electron chi connectivity index (χ0n) is 10.1. The van der Waals surface area contributed by atoms with E-state index in [1.165, 1.54) is 36.4 Å². The monoisotopic (exact) mass is 354 g/mol. The van der Waals surface area contributed by atoms with Crippen molar-refractivity contribution < 1.29 is 14.3 Å². The summed E-state index contributed by atoms with van der Waals surface area (Å²) in [5.41, 5.74) is 0.391. The minimum absolute atomic E-state index is 0.140. The normalized spacial score (nSPS) is 10.9. The van der Waals surface area contributed by atoms with E-state index < -0.39 is 11.6 Å². The molecule has 2 rings (SSSR count). The number of hydrogen-bond acceptors (Lipinski definition) is 2. The summed E-state index contributed by atoms with van der Waals surface area (Å²) in [5.74, 6) is -1.07. The van der Waals surface area contributed by atoms with Crippen LogP contribution in [0, 0.1) is 5.82 Å². The van der Waals surface area contributed by atoms with Gasteiger partial charge in [0.25, 0.3) is 0 Å². The summed E-state index contributed by atoms with van der Waals surface area (Å²) in [7, 11) is 0. The van der Waals surface area contributed by atoms with Gasteiger partial charge >= 0.3 is 0 Å². The molecule has 20 heavy (non-hydrogen) atoms. The van der Waals surface area contributed by atoms with Crippen molar-refractivity contribution in [2.45, 2.75) is 0 Å². The molecule has 2 nitrogen and oxygen atoms in total. The van der Waals surface area contributed by atoms with Crippen molar-refractivity contribution in [3.05, 3.63) is 68.9 Å². The second-order valence-corrected chi connectivity index (χ2v) is 5.29. The number of halogens is 3. The van der Waals surface area contributed by atoms with Crippen LogP contribution in [0.15, 0.2) is 46.9 Å². The van der Waals surface area contributed by atoms with E-state index in [9.17, 15) is 14.3 Å². The highest BCUT2D eigenvalue weighted by atomic mass is 79.9. The third-order valence-corrected chi connectivity index (χ3v) is 3.50. The first kappa shape index (κ1) is 14.8. The number of para-hydroxylation sites is 1. The van der Waals surface area contributed by atoms with Gasteiger partial charge in [-0.1, -0.05) is 23.7 Å². The van der Waals surface area contributed by atoms with Crippen LogP contribution in [0.5, 0.6) is 5.75 Å². The molecular formula is C15H9BrClFO2. The lowest BCUT2D eigenvalue weighted by molar-refractivity contribution is 0.104. The Morgan fingerprint density at radius 3 is 2.75 bits per heavy atom. The van der Waals surface area contributed by atoms with Crippen LogP contribution < -0.4 is 0 Å². The van der Waals surface area contributed by atoms with Crippen LogP contribution in [0.1, 0.15) is 15.9 Å². The van der Waals surface area contributed by atoms with Gasteiger partial charge in [0.2, 0.25) is 0 Å². The lowest BCUT2D eigenvalue weighted by Crippen LogP contribution is -1.95. The third kappa shape index (κ3) is 3.26. The number of carbonyl (C=O) groups excluding carboxylic acids is 1. The van der Waals surface area contributed by atoms with E-state index in [1.54, 1.807) is 12.1 Å². The van der Waals surface area contributed by atoms with E-state index in [0.29, 0.717) is 4.47 Å². The number of ketones is 1. The largest absolute Gasteiger partial charge is 0.506 e. The number of benzene rings is 2. The molecule has 102 valence electrons. The highest BCUT2D eigenvalue weighted by Crippen LogP contribution is 2.28. The van der Waals surface area contributed by atoms with Crippen molar-refractivity contribution >= 4 is 39.4 Å². The lowest BCUT2D eigenvalue weighted by atomic mass is 10.1. The average Bonchev–Trinajstić information content (AvgIpc) is 2.40. The Labute approximate surface area is 128 Å². The van der Waals surface area contributed by atoms with Crippen LogP contribution in [-0.2, 0) is 0 Å². The van der Waals surface area contributed by atoms with Crippen LogP contribution in [0.2, 0.25) is 5.02 Å². The Kier molecular flexibility index (Phi) is 4.57. The molecule has 0 saturated heterocycles. The predicted molar refractivity (Wildman–Crippen MR) is 80.6 cm³/mol. The Morgan fingerprint density at radius 1 is 1.30 bits per heavy atom. The van der Waals surface area contributed by atoms with Crippen molar-refractivity contribution in [2.75, 3.05) is 0 Å². The minimum atomic E-state index is -0.514. The number of hydrogen-bond donors (Lipinski definition) is 1. The minimum Gasteiger partial charge on any atom is -0.506 e. The molecule has 0 aliphatic carbocycles. The maximum absolute atomic E-state index is 13.5. The number of carbonyl (C=O) groups is 1. The molecule has 2 aromatic carbocycles. The summed E-state index contributed by atoms with van der Waals surface area (Å²) in [6.07, 6.45) is 2.54. The van der Waals surface area contributed by atoms with Crippen molar-refractivity contribution in [1.82, 2.24) is 0 Å². The second kappa shape index (κ2) is 6.20. The molecule has 0 radical (unpaired) electrons. The van der Waals surface area contributed by atoms with Gasteiger partial charge in [-0.2, -0.15) is 0 Å². The van der Waals surface area contributed by atoms with Crippen LogP contribution in [-0.4, -0.2) is 10.9 Å². The summed E-state index contributed by atoms with van der Waals surface area (Å²) in [6, 6.07) is 8.92. The van der Waals surface area contributed by atoms with Gasteiger partial charge in [0.1, 0.15) is 11.6 Å². The number of phenolic OH excluding ortho intramolecular Hbond substituents is 1. The quantitative estimate of drug-likeness (QED) is 0.631. The van der Waals surface area contributed by atoms with Crippen LogP contribution in [0.3, 0.4) is 0 Å². The first-order valence-electron chi connectivity index (χ1n) is 5.64. The van der Waals surface area contributed by atoms with E-state index in [2.05, 4.69) is 15.9 Å². The molecule has 5 heteroatoms. The summed E-state index contributed by atoms with van der Waals surface area (Å²) < 4.78 is 14.0. The molecule has 0 spiro atoms. The molecule has 2 aromatic rings. The molecule has 0 aliphatic heterocycles. The van der Waals surface area contributed by atoms with Crippen LogP contribution in [0.4, 0.5) is 4.39 Å². The van der Waals surface area contributed by atoms with E-state index in [0.717, 1.165) is 0 Å². The van der Waals surface area contributed by atoms with Gasteiger partial charge in [-0.05, 0) is 52.3 Å². The molecule has 0 saturated carbocycles. The Balaban J connectivity index is 2.27. The highest BCUT2D eigenvalue weighted by Gasteiger charge is 2.10. The third-order valence-electron chi connectivity index (χ3n) is 2.63. The molecule has 0 aliphatic rings. The van der Waals surface area contributed by atoms with Crippen LogP contribution >= 0.6 is 27.5 Å². The zero-order valence-corrected chi connectivity index (χ0v) is 12.5. The van der Waals surface area contributed by atoms with Gasteiger partial charge in [-0.3, -0.25) is 4.79 Å². The molecule has 0 aromatic heterocycles. The molecule has 0 amide bonds. The average molecular weight is 356 g/mol. The van der Waals surface area contributed by atoms with E-state index in [-0.39, 0.29) is 21.9 Å². The number of aromatic hydroxyl groups is 1. The van der Waals surface area contributed by atoms with Crippen molar-refractivity contribution in [2.24, 2.45) is 0 Å². The van der Waals surface area contributed by atoms with Gasteiger partial charge in [-0.25, -0.2) is 4.39 Å². The van der Waals surface area contributed by atoms with Gasteiger partial charge < -0.3 is 5.11 Å². The SMILES string of the molecule is O=C(C=Cc1ccc(Cl)cc1F)c1cccc(Br)c1O. The Hall–Kier alpha value is -1.65. The van der Waals surface area contributed by atoms with Gasteiger partial charge in [0.05, 0.1) is 10.0 Å². The van der Waals surface area contributed by atoms with E-state index in [4.69, 9.17) is 11.6 Å². The van der Waals surface area contributed by atoms with Gasteiger partial charge in [0, 0.05) is 10.6 Å². The van der Waals surface area contributed by atoms with Crippen molar-refractivity contribution in [3.8, 4) is 5.75 Å². The van der Waals surface area contributed by atoms with Gasteiger partial charge in [-0.15, -0.1) is 0 Å². The first-order valence-corrected chi connectivity index (χ1v) is 6.81. The van der Waals surface area contributed by atoms with E-state index >= 15 is 0 Å². The fourth-order valence-electron chi connectivity index (χ4n) is 1.61. The summed E-state index contributed by atoms with van der Waals surface area (Å²) >= 11 is 8.77. The van der Waals surface area contributed by atoms with Crippen LogP contribution in [0.25, 0.3) is 6.08 Å². The zero-order chi connectivity index (χ0) is 14.7. The lowest BCUT2D eigenvalue weighted by Gasteiger charge is -2.02. The standard InChI is InChI=1S/C15H9BrClFO2/c16-12-3-1-2-11(15(12)20)14(19)7-5-9-4-6-10(17)8-13(9)18/h1-8,20H. The van der Waals surface area contributed by atoms with Gasteiger partial charge in [0.15, 0.2) is 5.78 Å². The van der Waals surface area contributed by atoms with Crippen molar-refractivity contribution in [1.29, 1.82) is 0 Å². The van der Waals surface area contributed by atoms with E-state index in [1.807, 2.05) is 0 Å². The maximum Gasteiger partial charge on any atom is 0.189 e. The second-order valence-electron chi connectivity index (χ2n) is 4.00. The summed E-state index contributed by atoms with van der Waals surface area (Å²) in [6.45, 7) is 0. The smallest absolute Gasteiger partial charge is 0.189 e. The number of phenols is 1. The Bertz CT molecular complexity index is 698. The summed E-state index contributed by atoms with van der Waals surface area (Å²) in [4.78, 5) is 12.0. The number of allylic oxidation sites excluding steroid dienone is 1. The fraction of sp³-hybridized carbons (Fsp3) is 0. The molecule has 0 fully saturated rings. The summed E-state index contributed by atoms with van der Waals surface area (Å²) in [5, 5.41) is 10.1. The number of rotatable bonds is 3. The molecule has 0 heterocycles. The predicted octanol–water partition coefficient (Wildman–Crippen LogP) is 4.84. The maximum atomic E-state index is 13.5. The molecule has 0 atom stereocenters. The Morgan fingerprint density at radius 2 is 2.05 bits per heavy atom. The highest BCUT2D eigenvalue weighted by molar-refractivity contribution is 9.10. The molecular weight excluding hydrogens is 347 g/mol. The van der Waals surface area contributed by atoms with Crippen molar-refractivity contribution in [3.63, 3.8) is 0 Å². The molecule has 1 N–H and O–H groups in total.